The van der Waals surface area contributed by atoms with Gasteiger partial charge in [0, 0.05) is 25.9 Å². The Balaban J connectivity index is 1.50. The minimum atomic E-state index is -0.0689. The molecule has 1 amide bonds. The van der Waals surface area contributed by atoms with E-state index in [0.717, 1.165) is 35.7 Å². The van der Waals surface area contributed by atoms with Crippen LogP contribution in [0.2, 0.25) is 0 Å². The lowest BCUT2D eigenvalue weighted by Gasteiger charge is -2.36. The molecule has 4 rings (SSSR count). The summed E-state index contributed by atoms with van der Waals surface area (Å²) in [5, 5.41) is 7.81. The molecule has 3 aromatic heterocycles. The Bertz CT molecular complexity index is 972. The molecule has 0 aromatic carbocycles. The highest BCUT2D eigenvalue weighted by molar-refractivity contribution is 5.88. The van der Waals surface area contributed by atoms with Crippen molar-refractivity contribution in [2.75, 3.05) is 18.0 Å². The fraction of sp³-hybridized carbons (Fsp3) is 0.524. The van der Waals surface area contributed by atoms with Crippen LogP contribution in [0.25, 0.3) is 11.1 Å². The number of furan rings is 1. The average molecular weight is 397 g/mol. The number of anilines is 1. The molecule has 1 N–H and O–H groups in total. The van der Waals surface area contributed by atoms with Crippen LogP contribution in [0.1, 0.15) is 44.0 Å². The molecular formula is C21H27N5O3. The molecule has 0 unspecified atom stereocenters. The van der Waals surface area contributed by atoms with Crippen molar-refractivity contribution in [2.24, 2.45) is 11.8 Å². The number of rotatable bonds is 6. The minimum absolute atomic E-state index is 0.0689. The minimum Gasteiger partial charge on any atom is -0.467 e. The van der Waals surface area contributed by atoms with Crippen LogP contribution < -0.4 is 10.2 Å². The van der Waals surface area contributed by atoms with Gasteiger partial charge in [0.2, 0.25) is 5.91 Å². The second-order valence-electron chi connectivity index (χ2n) is 8.12. The highest BCUT2D eigenvalue weighted by Crippen LogP contribution is 2.31. The maximum atomic E-state index is 12.2. The van der Waals surface area contributed by atoms with Crippen molar-refractivity contribution in [1.82, 2.24) is 20.4 Å². The predicted octanol–water partition coefficient (Wildman–Crippen LogP) is 3.25. The first kappa shape index (κ1) is 19.4. The number of carbonyl (C=O) groups is 1. The van der Waals surface area contributed by atoms with Crippen LogP contribution in [0.4, 0.5) is 5.82 Å². The van der Waals surface area contributed by atoms with Crippen LogP contribution in [0, 0.1) is 18.8 Å². The van der Waals surface area contributed by atoms with E-state index in [-0.39, 0.29) is 5.91 Å². The zero-order valence-corrected chi connectivity index (χ0v) is 17.1. The average Bonchev–Trinajstić information content (AvgIpc) is 3.33. The topological polar surface area (TPSA) is 97.3 Å². The molecule has 4 heterocycles. The van der Waals surface area contributed by atoms with Crippen LogP contribution in [0.15, 0.2) is 27.3 Å². The largest absolute Gasteiger partial charge is 0.467 e. The van der Waals surface area contributed by atoms with E-state index in [1.54, 1.807) is 12.3 Å². The Kier molecular flexibility index (Phi) is 5.51. The summed E-state index contributed by atoms with van der Waals surface area (Å²) in [6.45, 7) is 8.73. The Hall–Kier alpha value is -2.90. The first-order valence-electron chi connectivity index (χ1n) is 10.2. The summed E-state index contributed by atoms with van der Waals surface area (Å²) in [5.74, 6) is 3.32. The summed E-state index contributed by atoms with van der Waals surface area (Å²) >= 11 is 0. The second kappa shape index (κ2) is 8.23. The van der Waals surface area contributed by atoms with Gasteiger partial charge in [0.1, 0.15) is 22.8 Å². The number of carbonyl (C=O) groups excluding carboxylic acids is 1. The first-order valence-corrected chi connectivity index (χ1v) is 10.2. The number of hydrogen-bond donors (Lipinski definition) is 1. The van der Waals surface area contributed by atoms with Gasteiger partial charge in [-0.3, -0.25) is 4.79 Å². The molecule has 0 saturated carbocycles. The van der Waals surface area contributed by atoms with Crippen molar-refractivity contribution in [3.05, 3.63) is 35.7 Å². The van der Waals surface area contributed by atoms with E-state index in [9.17, 15) is 4.79 Å². The molecule has 3 aromatic rings. The molecular weight excluding hydrogens is 370 g/mol. The molecule has 1 aliphatic heterocycles. The van der Waals surface area contributed by atoms with E-state index in [1.807, 2.05) is 13.0 Å². The van der Waals surface area contributed by atoms with E-state index in [4.69, 9.17) is 13.9 Å². The Morgan fingerprint density at radius 3 is 2.79 bits per heavy atom. The Morgan fingerprint density at radius 1 is 1.28 bits per heavy atom. The van der Waals surface area contributed by atoms with E-state index >= 15 is 0 Å². The fourth-order valence-electron chi connectivity index (χ4n) is 4.10. The normalized spacial score (nSPS) is 19.6. The number of amides is 1. The molecule has 0 bridgehead atoms. The third-order valence-electron chi connectivity index (χ3n) is 5.32. The van der Waals surface area contributed by atoms with Crippen molar-refractivity contribution in [3.8, 4) is 0 Å². The molecule has 0 radical (unpaired) electrons. The molecule has 8 heteroatoms. The summed E-state index contributed by atoms with van der Waals surface area (Å²) < 4.78 is 10.7. The smallest absolute Gasteiger partial charge is 0.263 e. The molecule has 1 fully saturated rings. The highest BCUT2D eigenvalue weighted by atomic mass is 16.5. The summed E-state index contributed by atoms with van der Waals surface area (Å²) in [7, 11) is 0. The van der Waals surface area contributed by atoms with E-state index in [0.29, 0.717) is 42.8 Å². The van der Waals surface area contributed by atoms with Crippen LogP contribution in [0.3, 0.4) is 0 Å². The molecule has 2 atom stereocenters. The molecule has 0 aliphatic carbocycles. The van der Waals surface area contributed by atoms with Crippen LogP contribution in [-0.4, -0.2) is 34.1 Å². The van der Waals surface area contributed by atoms with Gasteiger partial charge >= 0.3 is 0 Å². The summed E-state index contributed by atoms with van der Waals surface area (Å²) in [5.41, 5.74) is 1.29. The summed E-state index contributed by atoms with van der Waals surface area (Å²) in [6, 6.07) is 3.63. The van der Waals surface area contributed by atoms with Crippen LogP contribution in [0.5, 0.6) is 0 Å². The highest BCUT2D eigenvalue weighted by Gasteiger charge is 2.27. The van der Waals surface area contributed by atoms with E-state index in [1.165, 1.54) is 6.42 Å². The third kappa shape index (κ3) is 4.41. The van der Waals surface area contributed by atoms with Gasteiger partial charge in [-0.25, -0.2) is 4.98 Å². The molecule has 8 nitrogen and oxygen atoms in total. The summed E-state index contributed by atoms with van der Waals surface area (Å²) in [4.78, 5) is 23.8. The van der Waals surface area contributed by atoms with Gasteiger partial charge in [-0.1, -0.05) is 19.0 Å². The van der Waals surface area contributed by atoms with Gasteiger partial charge in [0.05, 0.1) is 18.5 Å². The van der Waals surface area contributed by atoms with Crippen molar-refractivity contribution < 1.29 is 13.7 Å². The molecule has 154 valence electrons. The van der Waals surface area contributed by atoms with Crippen molar-refractivity contribution >= 4 is 22.8 Å². The summed E-state index contributed by atoms with van der Waals surface area (Å²) in [6.07, 6.45) is 3.54. The quantitative estimate of drug-likeness (QED) is 0.682. The van der Waals surface area contributed by atoms with Gasteiger partial charge in [0.25, 0.3) is 5.71 Å². The zero-order chi connectivity index (χ0) is 20.4. The fourth-order valence-corrected chi connectivity index (χ4v) is 4.10. The molecule has 0 spiro atoms. The number of fused-ring (bicyclic) bond motifs is 1. The maximum Gasteiger partial charge on any atom is 0.263 e. The number of nitrogens with one attached hydrogen (secondary N) is 1. The first-order chi connectivity index (χ1) is 14.0. The predicted molar refractivity (Wildman–Crippen MR) is 108 cm³/mol. The number of piperidine rings is 1. The number of nitrogens with zero attached hydrogens (tertiary/aromatic N) is 4. The van der Waals surface area contributed by atoms with Gasteiger partial charge in [-0.05, 0) is 37.3 Å². The van der Waals surface area contributed by atoms with E-state index in [2.05, 4.69) is 34.2 Å². The maximum absolute atomic E-state index is 12.2. The monoisotopic (exact) mass is 397 g/mol. The van der Waals surface area contributed by atoms with Crippen LogP contribution >= 0.6 is 0 Å². The van der Waals surface area contributed by atoms with Crippen molar-refractivity contribution in [1.29, 1.82) is 0 Å². The zero-order valence-electron chi connectivity index (χ0n) is 17.1. The standard InChI is InChI=1S/C21H27N5O3/c1-13-9-14(2)12-26(11-13)20-19-15(3)25-29-21(19)24-17(23-20)6-7-18(27)22-10-16-5-4-8-28-16/h4-5,8,13-14H,6-7,9-12H2,1-3H3,(H,22,27)/t13-,14-/m0/s1. The Morgan fingerprint density at radius 2 is 2.07 bits per heavy atom. The number of aryl methyl sites for hydroxylation is 2. The second-order valence-corrected chi connectivity index (χ2v) is 8.12. The van der Waals surface area contributed by atoms with Gasteiger partial charge in [-0.2, -0.15) is 4.98 Å². The lowest BCUT2D eigenvalue weighted by atomic mass is 9.92. The SMILES string of the molecule is Cc1noc2nc(CCC(=O)NCc3ccco3)nc(N3C[C@@H](C)C[C@H](C)C3)c12. The Labute approximate surface area is 169 Å². The number of aromatic nitrogens is 3. The van der Waals surface area contributed by atoms with Crippen molar-refractivity contribution in [2.45, 2.75) is 46.6 Å². The van der Waals surface area contributed by atoms with Crippen LogP contribution in [-0.2, 0) is 17.8 Å². The van der Waals surface area contributed by atoms with Crippen molar-refractivity contribution in [3.63, 3.8) is 0 Å². The molecule has 1 saturated heterocycles. The van der Waals surface area contributed by atoms with Gasteiger partial charge < -0.3 is 19.2 Å². The molecule has 1 aliphatic rings. The number of hydrogen-bond acceptors (Lipinski definition) is 7. The lowest BCUT2D eigenvalue weighted by molar-refractivity contribution is -0.121. The van der Waals surface area contributed by atoms with Gasteiger partial charge in [0.15, 0.2) is 0 Å². The van der Waals surface area contributed by atoms with E-state index < -0.39 is 0 Å². The lowest BCUT2D eigenvalue weighted by Crippen LogP contribution is -2.39. The van der Waals surface area contributed by atoms with Gasteiger partial charge in [-0.15, -0.1) is 0 Å². The molecule has 29 heavy (non-hydrogen) atoms. The third-order valence-corrected chi connectivity index (χ3v) is 5.32.